The molecular formula is C40H30Cl2N2O9. The molecule has 268 valence electrons. The van der Waals surface area contributed by atoms with Gasteiger partial charge in [-0.2, -0.15) is 0 Å². The van der Waals surface area contributed by atoms with E-state index in [4.69, 9.17) is 27.9 Å². The van der Waals surface area contributed by atoms with Gasteiger partial charge in [0.1, 0.15) is 11.3 Å². The van der Waals surface area contributed by atoms with Gasteiger partial charge in [0, 0.05) is 17.0 Å². The predicted octanol–water partition coefficient (Wildman–Crippen LogP) is 6.48. The Hall–Kier alpha value is -5.65. The molecule has 0 bridgehead atoms. The maximum absolute atomic E-state index is 15.4. The number of anilines is 2. The van der Waals surface area contributed by atoms with Crippen molar-refractivity contribution in [2.24, 2.45) is 23.7 Å². The summed E-state index contributed by atoms with van der Waals surface area (Å²) in [5.74, 6) is -8.88. The van der Waals surface area contributed by atoms with Crippen molar-refractivity contribution in [1.82, 2.24) is 0 Å². The number of fused-ring (bicyclic) bond motifs is 4. The first-order valence-electron chi connectivity index (χ1n) is 16.8. The highest BCUT2D eigenvalue weighted by molar-refractivity contribution is 6.33. The van der Waals surface area contributed by atoms with Crippen molar-refractivity contribution in [3.8, 4) is 17.2 Å². The molecule has 4 aliphatic rings. The summed E-state index contributed by atoms with van der Waals surface area (Å²) < 4.78 is 5.50. The topological polar surface area (TPSA) is 162 Å². The van der Waals surface area contributed by atoms with Gasteiger partial charge in [-0.25, -0.2) is 14.6 Å². The van der Waals surface area contributed by atoms with Gasteiger partial charge in [0.15, 0.2) is 11.5 Å². The van der Waals surface area contributed by atoms with Crippen LogP contribution >= 0.6 is 23.2 Å². The highest BCUT2D eigenvalue weighted by Gasteiger charge is 2.70. The fourth-order valence-corrected chi connectivity index (χ4v) is 9.53. The van der Waals surface area contributed by atoms with Crippen LogP contribution in [-0.4, -0.2) is 52.0 Å². The van der Waals surface area contributed by atoms with Crippen LogP contribution in [0.4, 0.5) is 11.4 Å². The van der Waals surface area contributed by atoms with Crippen LogP contribution in [0.3, 0.4) is 0 Å². The van der Waals surface area contributed by atoms with Crippen molar-refractivity contribution in [3.05, 3.63) is 123 Å². The summed E-state index contributed by atoms with van der Waals surface area (Å²) in [6.07, 6.45) is 2.01. The summed E-state index contributed by atoms with van der Waals surface area (Å²) >= 11 is 13.0. The number of halogens is 2. The van der Waals surface area contributed by atoms with Crippen molar-refractivity contribution in [2.75, 3.05) is 16.9 Å². The summed E-state index contributed by atoms with van der Waals surface area (Å²) in [6, 6.07) is 22.0. The third kappa shape index (κ3) is 4.90. The molecule has 3 N–H and O–H groups in total. The number of allylic oxidation sites excluding steroid dienone is 2. The first kappa shape index (κ1) is 34.4. The Labute approximate surface area is 312 Å². The number of rotatable bonds is 6. The van der Waals surface area contributed by atoms with Crippen LogP contribution in [0.15, 0.2) is 96.6 Å². The average molecular weight is 754 g/mol. The molecule has 0 spiro atoms. The number of carbonyl (C=O) groups is 5. The first-order valence-corrected chi connectivity index (χ1v) is 17.6. The molecule has 3 fully saturated rings. The molecule has 0 unspecified atom stereocenters. The second-order valence-electron chi connectivity index (χ2n) is 13.7. The lowest BCUT2D eigenvalue weighted by molar-refractivity contribution is -0.127. The van der Waals surface area contributed by atoms with E-state index in [1.54, 1.807) is 54.6 Å². The Morgan fingerprint density at radius 2 is 1.57 bits per heavy atom. The van der Waals surface area contributed by atoms with Gasteiger partial charge in [-0.15, -0.1) is 0 Å². The number of phenols is 2. The van der Waals surface area contributed by atoms with Crippen LogP contribution < -0.4 is 14.5 Å². The van der Waals surface area contributed by atoms with Gasteiger partial charge in [0.2, 0.25) is 23.6 Å². The Morgan fingerprint density at radius 3 is 2.25 bits per heavy atom. The van der Waals surface area contributed by atoms with Crippen molar-refractivity contribution in [3.63, 3.8) is 0 Å². The summed E-state index contributed by atoms with van der Waals surface area (Å²) in [6.45, 7) is 0. The zero-order chi connectivity index (χ0) is 37.5. The Morgan fingerprint density at radius 1 is 0.830 bits per heavy atom. The molecule has 2 aliphatic carbocycles. The van der Waals surface area contributed by atoms with Crippen LogP contribution in [0.5, 0.6) is 17.2 Å². The van der Waals surface area contributed by atoms with Gasteiger partial charge < -0.3 is 20.1 Å². The molecule has 2 aliphatic heterocycles. The number of carboxylic acid groups (broad SMARTS) is 1. The lowest BCUT2D eigenvalue weighted by Crippen LogP contribution is -2.53. The minimum atomic E-state index is -1.58. The Balaban J connectivity index is 1.35. The van der Waals surface area contributed by atoms with Crippen molar-refractivity contribution >= 4 is 64.2 Å². The second-order valence-corrected chi connectivity index (χ2v) is 14.5. The predicted molar refractivity (Wildman–Crippen MR) is 193 cm³/mol. The number of imide groups is 2. The quantitative estimate of drug-likeness (QED) is 0.148. The molecule has 8 rings (SSSR count). The number of aromatic carboxylic acids is 1. The standard InChI is InChI=1S/C40H30Cl2N2O9/c1-53-31-15-19(14-29(42)34(31)46)33-24-12-13-26-32(37(49)43(35(26)47)23-10-11-25(38(50)51)30(45)17-23)27(24)18-28-36(48)44(22-9-5-8-21(41)16-22)39(52)40(28,33)20-6-3-2-4-7-20/h2-12,14-17,26-28,32-33,45-46H,13,18H2,1H3,(H,50,51)/t26-,27+,28-,32-,33-,40+/m0/s1. The highest BCUT2D eigenvalue weighted by Crippen LogP contribution is 2.65. The molecule has 13 heteroatoms. The van der Waals surface area contributed by atoms with Gasteiger partial charge >= 0.3 is 5.97 Å². The zero-order valence-electron chi connectivity index (χ0n) is 27.9. The maximum Gasteiger partial charge on any atom is 0.339 e. The Kier molecular flexibility index (Phi) is 8.12. The second kappa shape index (κ2) is 12.5. The Bertz CT molecular complexity index is 2310. The van der Waals surface area contributed by atoms with E-state index in [1.807, 2.05) is 6.08 Å². The monoisotopic (exact) mass is 752 g/mol. The maximum atomic E-state index is 15.4. The van der Waals surface area contributed by atoms with Gasteiger partial charge in [0.25, 0.3) is 0 Å². The number of methoxy groups -OCH3 is 1. The van der Waals surface area contributed by atoms with Crippen LogP contribution in [0.1, 0.15) is 40.2 Å². The number of ether oxygens (including phenoxy) is 1. The van der Waals surface area contributed by atoms with Gasteiger partial charge in [-0.1, -0.05) is 71.2 Å². The van der Waals surface area contributed by atoms with E-state index in [2.05, 4.69) is 0 Å². The van der Waals surface area contributed by atoms with Crippen LogP contribution in [0.2, 0.25) is 10.0 Å². The smallest absolute Gasteiger partial charge is 0.339 e. The molecule has 2 heterocycles. The summed E-state index contributed by atoms with van der Waals surface area (Å²) in [5, 5.41) is 30.9. The fraction of sp³-hybridized carbons (Fsp3) is 0.225. The fourth-order valence-electron chi connectivity index (χ4n) is 9.13. The largest absolute Gasteiger partial charge is 0.507 e. The first-order chi connectivity index (χ1) is 25.4. The molecule has 11 nitrogen and oxygen atoms in total. The third-order valence-electron chi connectivity index (χ3n) is 11.2. The number of amides is 4. The SMILES string of the molecule is COc1cc([C@H]2C3=CC[C@@H]4C(=O)N(c5ccc(C(=O)O)c(O)c5)C(=O)[C@@H]4[C@@H]3C[C@H]3C(=O)N(c4cccc(Cl)c4)C(=O)[C@@]23c2ccccc2)cc(Cl)c1O. The van der Waals surface area contributed by atoms with Crippen molar-refractivity contribution in [2.45, 2.75) is 24.2 Å². The normalized spacial score (nSPS) is 26.2. The minimum Gasteiger partial charge on any atom is -0.507 e. The number of phenolic OH excluding ortho intramolecular Hbond substituents is 1. The number of carbonyl (C=O) groups excluding carboxylic acids is 4. The third-order valence-corrected chi connectivity index (χ3v) is 11.8. The van der Waals surface area contributed by atoms with Gasteiger partial charge in [0.05, 0.1) is 46.7 Å². The summed E-state index contributed by atoms with van der Waals surface area (Å²) in [7, 11) is 1.36. The molecule has 4 aromatic rings. The van der Waals surface area contributed by atoms with E-state index in [1.165, 1.54) is 25.3 Å². The van der Waals surface area contributed by atoms with E-state index in [-0.39, 0.29) is 40.7 Å². The van der Waals surface area contributed by atoms with E-state index in [9.17, 15) is 34.5 Å². The average Bonchev–Trinajstić information content (AvgIpc) is 3.53. The molecule has 6 atom stereocenters. The number of nitrogens with zero attached hydrogens (tertiary/aromatic N) is 2. The number of aromatic hydroxyl groups is 2. The molecule has 4 amide bonds. The van der Waals surface area contributed by atoms with Crippen molar-refractivity contribution in [1.29, 1.82) is 0 Å². The molecule has 0 aromatic heterocycles. The lowest BCUT2D eigenvalue weighted by atomic mass is 9.49. The van der Waals surface area contributed by atoms with E-state index in [0.29, 0.717) is 21.7 Å². The van der Waals surface area contributed by atoms with Gasteiger partial charge in [-0.3, -0.25) is 19.2 Å². The number of carboxylic acids is 1. The van der Waals surface area contributed by atoms with Gasteiger partial charge in [-0.05, 0) is 72.4 Å². The number of benzene rings is 4. The number of hydrogen-bond acceptors (Lipinski definition) is 8. The molecule has 4 aromatic carbocycles. The van der Waals surface area contributed by atoms with Crippen LogP contribution in [0, 0.1) is 23.7 Å². The number of hydrogen-bond donors (Lipinski definition) is 3. The molecule has 1 saturated carbocycles. The lowest BCUT2D eigenvalue weighted by Gasteiger charge is -2.50. The van der Waals surface area contributed by atoms with E-state index >= 15 is 4.79 Å². The molecule has 2 saturated heterocycles. The van der Waals surface area contributed by atoms with Crippen LogP contribution in [0.25, 0.3) is 0 Å². The highest BCUT2D eigenvalue weighted by atomic mass is 35.5. The molecule has 0 radical (unpaired) electrons. The van der Waals surface area contributed by atoms with Crippen LogP contribution in [-0.2, 0) is 24.6 Å². The summed E-state index contributed by atoms with van der Waals surface area (Å²) in [5.41, 5.74) is -0.0367. The van der Waals surface area contributed by atoms with Crippen molar-refractivity contribution < 1.29 is 44.0 Å². The summed E-state index contributed by atoms with van der Waals surface area (Å²) in [4.78, 5) is 72.5. The zero-order valence-corrected chi connectivity index (χ0v) is 29.4. The van der Waals surface area contributed by atoms with E-state index in [0.717, 1.165) is 21.9 Å². The molecular weight excluding hydrogens is 723 g/mol. The van der Waals surface area contributed by atoms with E-state index < -0.39 is 75.9 Å². The molecule has 53 heavy (non-hydrogen) atoms. The minimum absolute atomic E-state index is 0.0127.